The van der Waals surface area contributed by atoms with Gasteiger partial charge in [0.25, 0.3) is 0 Å². The van der Waals surface area contributed by atoms with E-state index in [4.69, 9.17) is 4.74 Å². The summed E-state index contributed by atoms with van der Waals surface area (Å²) in [5.74, 6) is 6.77. The zero-order valence-corrected chi connectivity index (χ0v) is 24.0. The van der Waals surface area contributed by atoms with Gasteiger partial charge in [-0.15, -0.1) is 0 Å². The molecule has 0 heterocycles. The van der Waals surface area contributed by atoms with Gasteiger partial charge in [0, 0.05) is 6.42 Å². The Kier molecular flexibility index (Phi) is 7.50. The molecular weight excluding hydrogens is 436 g/mol. The van der Waals surface area contributed by atoms with Gasteiger partial charge in [-0.3, -0.25) is 0 Å². The highest BCUT2D eigenvalue weighted by Crippen LogP contribution is 2.67. The minimum Gasteiger partial charge on any atom is -0.490 e. The van der Waals surface area contributed by atoms with E-state index in [1.807, 2.05) is 0 Å². The molecule has 0 spiro atoms. The molecule has 0 saturated heterocycles. The summed E-state index contributed by atoms with van der Waals surface area (Å²) in [6, 6.07) is 10.5. The van der Waals surface area contributed by atoms with Crippen LogP contribution in [0.2, 0.25) is 0 Å². The molecule has 0 aliphatic heterocycles. The Balaban J connectivity index is 1.29. The molecule has 4 aliphatic carbocycles. The molecule has 0 bridgehead atoms. The zero-order valence-electron chi connectivity index (χ0n) is 24.0. The molecule has 1 aromatic carbocycles. The first-order valence-corrected chi connectivity index (χ1v) is 15.4. The number of hydrogen-bond acceptors (Lipinski definition) is 1. The first kappa shape index (κ1) is 26.1. The Morgan fingerprint density at radius 1 is 0.944 bits per heavy atom. The van der Waals surface area contributed by atoms with Crippen molar-refractivity contribution in [3.63, 3.8) is 0 Å². The molecule has 0 unspecified atom stereocenters. The average molecular weight is 489 g/mol. The van der Waals surface area contributed by atoms with E-state index < -0.39 is 0 Å². The summed E-state index contributed by atoms with van der Waals surface area (Å²) in [5, 5.41) is 0. The topological polar surface area (TPSA) is 9.23 Å². The Hall–Kier alpha value is -1.50. The predicted octanol–water partition coefficient (Wildman–Crippen LogP) is 9.89. The van der Waals surface area contributed by atoms with Crippen LogP contribution in [0.4, 0.5) is 0 Å². The quantitative estimate of drug-likeness (QED) is 0.347. The van der Waals surface area contributed by atoms with Gasteiger partial charge in [0.1, 0.15) is 11.9 Å². The van der Waals surface area contributed by atoms with Crippen LogP contribution in [0, 0.1) is 52.3 Å². The lowest BCUT2D eigenvalue weighted by Crippen LogP contribution is -2.51. The molecule has 0 N–H and O–H groups in total. The standard InChI is InChI=1S/C35H52O/c1-7-26(24(2)3)14-13-25(4)31-17-18-32-30-16-15-27-23-29(36-28-11-9-8-10-12-28)19-21-34(27,5)33(30)20-22-35(31,32)6/h8-15,24-26,29-33H,7,16-23H2,1-6H3/b14-13-/t25-,26-,29+,30+,31-,32+,33+,34+,35-/m1/s1. The van der Waals surface area contributed by atoms with Gasteiger partial charge in [-0.25, -0.2) is 0 Å². The van der Waals surface area contributed by atoms with Crippen LogP contribution in [0.25, 0.3) is 0 Å². The van der Waals surface area contributed by atoms with E-state index in [0.717, 1.165) is 47.7 Å². The molecule has 9 atom stereocenters. The van der Waals surface area contributed by atoms with Crippen molar-refractivity contribution in [2.45, 2.75) is 105 Å². The van der Waals surface area contributed by atoms with E-state index in [9.17, 15) is 0 Å². The van der Waals surface area contributed by atoms with Crippen LogP contribution in [0.5, 0.6) is 5.75 Å². The van der Waals surface area contributed by atoms with Crippen molar-refractivity contribution in [1.82, 2.24) is 0 Å². The third-order valence-corrected chi connectivity index (χ3v) is 11.8. The van der Waals surface area contributed by atoms with Crippen molar-refractivity contribution >= 4 is 0 Å². The maximum atomic E-state index is 6.43. The summed E-state index contributed by atoms with van der Waals surface area (Å²) < 4.78 is 6.43. The van der Waals surface area contributed by atoms with Gasteiger partial charge in [-0.05, 0) is 116 Å². The van der Waals surface area contributed by atoms with Crippen LogP contribution in [-0.2, 0) is 0 Å². The summed E-state index contributed by atoms with van der Waals surface area (Å²) in [7, 11) is 0. The van der Waals surface area contributed by atoms with E-state index in [1.165, 1.54) is 51.4 Å². The summed E-state index contributed by atoms with van der Waals surface area (Å²) in [4.78, 5) is 0. The lowest BCUT2D eigenvalue weighted by atomic mass is 9.47. The van der Waals surface area contributed by atoms with Crippen LogP contribution in [0.15, 0.2) is 54.1 Å². The summed E-state index contributed by atoms with van der Waals surface area (Å²) in [6.45, 7) is 15.0. The van der Waals surface area contributed by atoms with Crippen LogP contribution in [0.3, 0.4) is 0 Å². The van der Waals surface area contributed by atoms with Gasteiger partial charge in [0.2, 0.25) is 0 Å². The second-order valence-electron chi connectivity index (χ2n) is 13.8. The molecule has 0 amide bonds. The number of hydrogen-bond donors (Lipinski definition) is 0. The highest BCUT2D eigenvalue weighted by atomic mass is 16.5. The molecule has 5 rings (SSSR count). The van der Waals surface area contributed by atoms with Crippen LogP contribution in [0.1, 0.15) is 99.3 Å². The van der Waals surface area contributed by atoms with Gasteiger partial charge >= 0.3 is 0 Å². The Morgan fingerprint density at radius 2 is 1.72 bits per heavy atom. The first-order chi connectivity index (χ1) is 17.3. The van der Waals surface area contributed by atoms with Crippen molar-refractivity contribution in [1.29, 1.82) is 0 Å². The van der Waals surface area contributed by atoms with E-state index >= 15 is 0 Å². The molecule has 1 nitrogen and oxygen atoms in total. The van der Waals surface area contributed by atoms with E-state index in [2.05, 4.69) is 90.1 Å². The minimum atomic E-state index is 0.346. The maximum Gasteiger partial charge on any atom is 0.119 e. The van der Waals surface area contributed by atoms with Crippen molar-refractivity contribution < 1.29 is 4.74 Å². The third kappa shape index (κ3) is 4.63. The molecule has 0 radical (unpaired) electrons. The van der Waals surface area contributed by atoms with Crippen LogP contribution in [-0.4, -0.2) is 6.10 Å². The monoisotopic (exact) mass is 488 g/mol. The van der Waals surface area contributed by atoms with Crippen molar-refractivity contribution in [2.75, 3.05) is 0 Å². The lowest BCUT2D eigenvalue weighted by molar-refractivity contribution is -0.0526. The fraction of sp³-hybridized carbons (Fsp3) is 0.714. The Morgan fingerprint density at radius 3 is 2.44 bits per heavy atom. The number of para-hydroxylation sites is 1. The SMILES string of the molecule is CC[C@H](/C=C\[C@@H](C)[C@H]1CC[C@H]2[C@@H]3CC=C4C[C@@H](Oc5ccccc5)CC[C@]4(C)[C@H]3CC[C@]12C)C(C)C. The second-order valence-corrected chi connectivity index (χ2v) is 13.8. The predicted molar refractivity (Wildman–Crippen MR) is 153 cm³/mol. The third-order valence-electron chi connectivity index (χ3n) is 11.8. The van der Waals surface area contributed by atoms with Crippen molar-refractivity contribution in [3.05, 3.63) is 54.1 Å². The number of allylic oxidation sites excluding steroid dienone is 3. The van der Waals surface area contributed by atoms with Gasteiger partial charge in [-0.1, -0.05) is 83.5 Å². The Bertz CT molecular complexity index is 943. The highest BCUT2D eigenvalue weighted by Gasteiger charge is 2.59. The van der Waals surface area contributed by atoms with Crippen molar-refractivity contribution in [2.24, 2.45) is 52.3 Å². The molecule has 3 saturated carbocycles. The van der Waals surface area contributed by atoms with E-state index in [0.29, 0.717) is 22.9 Å². The molecule has 1 heteroatoms. The average Bonchev–Trinajstić information content (AvgIpc) is 3.22. The van der Waals surface area contributed by atoms with Gasteiger partial charge in [-0.2, -0.15) is 0 Å². The molecule has 4 aliphatic rings. The summed E-state index contributed by atoms with van der Waals surface area (Å²) in [5.41, 5.74) is 2.65. The number of ether oxygens (including phenoxy) is 1. The number of fused-ring (bicyclic) bond motifs is 5. The molecule has 198 valence electrons. The largest absolute Gasteiger partial charge is 0.490 e. The molecule has 3 fully saturated rings. The molecule has 36 heavy (non-hydrogen) atoms. The lowest BCUT2D eigenvalue weighted by Gasteiger charge is -2.58. The van der Waals surface area contributed by atoms with Gasteiger partial charge in [0.05, 0.1) is 0 Å². The fourth-order valence-corrected chi connectivity index (χ4v) is 9.61. The minimum absolute atomic E-state index is 0.346. The molecule has 1 aromatic rings. The van der Waals surface area contributed by atoms with E-state index in [-0.39, 0.29) is 0 Å². The highest BCUT2D eigenvalue weighted by molar-refractivity contribution is 5.27. The number of rotatable bonds is 7. The fourth-order valence-electron chi connectivity index (χ4n) is 9.61. The summed E-state index contributed by atoms with van der Waals surface area (Å²) in [6.07, 6.45) is 20.2. The van der Waals surface area contributed by atoms with Crippen molar-refractivity contribution in [3.8, 4) is 5.75 Å². The van der Waals surface area contributed by atoms with Crippen LogP contribution >= 0.6 is 0 Å². The maximum absolute atomic E-state index is 6.43. The molecule has 0 aromatic heterocycles. The van der Waals surface area contributed by atoms with Crippen LogP contribution < -0.4 is 4.74 Å². The smallest absolute Gasteiger partial charge is 0.119 e. The number of benzene rings is 1. The van der Waals surface area contributed by atoms with Gasteiger partial charge < -0.3 is 4.74 Å². The second kappa shape index (κ2) is 10.3. The normalized spacial score (nSPS) is 39.8. The first-order valence-electron chi connectivity index (χ1n) is 15.4. The Labute approximate surface area is 222 Å². The van der Waals surface area contributed by atoms with Gasteiger partial charge in [0.15, 0.2) is 0 Å². The summed E-state index contributed by atoms with van der Waals surface area (Å²) >= 11 is 0. The molecular formula is C35H52O. The van der Waals surface area contributed by atoms with E-state index in [1.54, 1.807) is 5.57 Å². The zero-order chi connectivity index (χ0) is 25.5.